The van der Waals surface area contributed by atoms with E-state index in [0.29, 0.717) is 29.6 Å². The Balaban J connectivity index is 0.00000280. The number of carbonyl (C=O) groups excluding carboxylic acids is 1. The number of likely N-dealkylation sites (tertiary alicyclic amines) is 1. The average molecular weight is 444 g/mol. The molecule has 28 heavy (non-hydrogen) atoms. The molecule has 0 saturated carbocycles. The van der Waals surface area contributed by atoms with Gasteiger partial charge in [0, 0.05) is 47.2 Å². The van der Waals surface area contributed by atoms with E-state index < -0.39 is 0 Å². The number of nitrogens with one attached hydrogen (secondary N) is 1. The van der Waals surface area contributed by atoms with Gasteiger partial charge in [-0.3, -0.25) is 4.79 Å². The van der Waals surface area contributed by atoms with E-state index in [0.717, 1.165) is 49.4 Å². The van der Waals surface area contributed by atoms with Gasteiger partial charge in [0.2, 0.25) is 5.91 Å². The topological polar surface area (TPSA) is 41.6 Å². The molecule has 2 aromatic carbocycles. The molecule has 0 unspecified atom stereocenters. The summed E-state index contributed by atoms with van der Waals surface area (Å²) in [5, 5.41) is 4.79. The van der Waals surface area contributed by atoms with Crippen LogP contribution in [0.25, 0.3) is 0 Å². The second-order valence-corrected chi connectivity index (χ2v) is 7.49. The molecule has 1 fully saturated rings. The predicted molar refractivity (Wildman–Crippen MR) is 117 cm³/mol. The number of hydrogen-bond acceptors (Lipinski definition) is 3. The lowest BCUT2D eigenvalue weighted by molar-refractivity contribution is -0.127. The van der Waals surface area contributed by atoms with Crippen molar-refractivity contribution in [2.24, 2.45) is 0 Å². The third kappa shape index (κ3) is 6.56. The van der Waals surface area contributed by atoms with E-state index in [1.165, 1.54) is 0 Å². The van der Waals surface area contributed by atoms with Gasteiger partial charge in [-0.2, -0.15) is 0 Å². The first kappa shape index (κ1) is 22.8. The van der Waals surface area contributed by atoms with Gasteiger partial charge in [-0.1, -0.05) is 41.4 Å². The van der Waals surface area contributed by atoms with Crippen molar-refractivity contribution >= 4 is 41.5 Å². The highest BCUT2D eigenvalue weighted by atomic mass is 35.5. The lowest BCUT2D eigenvalue weighted by atomic mass is 10.2. The Morgan fingerprint density at radius 1 is 1.11 bits per heavy atom. The van der Waals surface area contributed by atoms with Gasteiger partial charge in [0.15, 0.2) is 0 Å². The van der Waals surface area contributed by atoms with Crippen LogP contribution in [0.5, 0.6) is 5.75 Å². The average Bonchev–Trinajstić information content (AvgIpc) is 3.07. The summed E-state index contributed by atoms with van der Waals surface area (Å²) in [6, 6.07) is 13.3. The largest absolute Gasteiger partial charge is 0.489 e. The third-order valence-electron chi connectivity index (χ3n) is 4.63. The Morgan fingerprint density at radius 2 is 1.93 bits per heavy atom. The fraction of sp³-hybridized carbons (Fsp3) is 0.381. The summed E-state index contributed by atoms with van der Waals surface area (Å²) in [5.74, 6) is 1.07. The fourth-order valence-corrected chi connectivity index (χ4v) is 3.54. The first-order valence-corrected chi connectivity index (χ1v) is 10.0. The Bertz CT molecular complexity index is 786. The van der Waals surface area contributed by atoms with Gasteiger partial charge >= 0.3 is 0 Å². The van der Waals surface area contributed by atoms with Crippen molar-refractivity contribution in [3.63, 3.8) is 0 Å². The minimum absolute atomic E-state index is 0. The Labute approximate surface area is 182 Å². The highest BCUT2D eigenvalue weighted by Gasteiger charge is 2.18. The van der Waals surface area contributed by atoms with E-state index in [9.17, 15) is 4.79 Å². The van der Waals surface area contributed by atoms with Crippen molar-refractivity contribution in [1.29, 1.82) is 0 Å². The standard InChI is InChI=1S/C21H24Cl2N2O2.ClH/c22-18-8-9-20(27-15-16-5-1-2-6-19(16)23)17(13-18)14-24-10-4-12-25-11-3-7-21(25)26;/h1-2,5-6,8-9,13,24H,3-4,7,10-12,14-15H2;1H. The van der Waals surface area contributed by atoms with Crippen molar-refractivity contribution in [1.82, 2.24) is 10.2 Å². The van der Waals surface area contributed by atoms with Crippen molar-refractivity contribution in [3.05, 3.63) is 63.6 Å². The SMILES string of the molecule is Cl.O=C1CCCN1CCCNCc1cc(Cl)ccc1OCc1ccccc1Cl. The lowest BCUT2D eigenvalue weighted by Gasteiger charge is -2.16. The molecule has 2 aromatic rings. The molecule has 1 saturated heterocycles. The molecule has 0 atom stereocenters. The smallest absolute Gasteiger partial charge is 0.222 e. The van der Waals surface area contributed by atoms with Gasteiger partial charge in [-0.05, 0) is 43.7 Å². The normalized spacial score (nSPS) is 13.5. The number of amides is 1. The van der Waals surface area contributed by atoms with E-state index in [1.807, 2.05) is 47.4 Å². The number of rotatable bonds is 9. The number of ether oxygens (including phenoxy) is 1. The number of halogens is 3. The number of benzene rings is 2. The van der Waals surface area contributed by atoms with Crippen LogP contribution in [0.2, 0.25) is 10.0 Å². The summed E-state index contributed by atoms with van der Waals surface area (Å²) in [6.45, 7) is 3.61. The second kappa shape index (κ2) is 11.5. The summed E-state index contributed by atoms with van der Waals surface area (Å²) in [7, 11) is 0. The van der Waals surface area contributed by atoms with Crippen LogP contribution in [-0.2, 0) is 17.9 Å². The zero-order valence-corrected chi connectivity index (χ0v) is 18.0. The monoisotopic (exact) mass is 442 g/mol. The second-order valence-electron chi connectivity index (χ2n) is 6.65. The van der Waals surface area contributed by atoms with E-state index in [2.05, 4.69) is 5.32 Å². The maximum absolute atomic E-state index is 11.6. The van der Waals surface area contributed by atoms with Gasteiger partial charge in [0.05, 0.1) is 0 Å². The number of hydrogen-bond donors (Lipinski definition) is 1. The first-order valence-electron chi connectivity index (χ1n) is 9.26. The van der Waals surface area contributed by atoms with Crippen LogP contribution in [0.1, 0.15) is 30.4 Å². The number of carbonyl (C=O) groups is 1. The molecule has 7 heteroatoms. The Kier molecular flexibility index (Phi) is 9.39. The molecule has 1 N–H and O–H groups in total. The quantitative estimate of drug-likeness (QED) is 0.548. The van der Waals surface area contributed by atoms with Crippen molar-refractivity contribution in [2.45, 2.75) is 32.4 Å². The predicted octanol–water partition coefficient (Wildman–Crippen LogP) is 5.10. The molecule has 1 aliphatic rings. The van der Waals surface area contributed by atoms with Crippen LogP contribution in [-0.4, -0.2) is 30.4 Å². The van der Waals surface area contributed by atoms with Crippen molar-refractivity contribution in [3.8, 4) is 5.75 Å². The highest BCUT2D eigenvalue weighted by Crippen LogP contribution is 2.25. The van der Waals surface area contributed by atoms with Gasteiger partial charge in [-0.25, -0.2) is 0 Å². The maximum Gasteiger partial charge on any atom is 0.222 e. The van der Waals surface area contributed by atoms with Gasteiger partial charge in [-0.15, -0.1) is 12.4 Å². The molecule has 1 heterocycles. The van der Waals surface area contributed by atoms with E-state index in [1.54, 1.807) is 0 Å². The molecule has 1 amide bonds. The van der Waals surface area contributed by atoms with Crippen LogP contribution in [0, 0.1) is 0 Å². The minimum Gasteiger partial charge on any atom is -0.489 e. The number of nitrogens with zero attached hydrogens (tertiary/aromatic N) is 1. The minimum atomic E-state index is 0. The maximum atomic E-state index is 11.6. The zero-order chi connectivity index (χ0) is 19.1. The fourth-order valence-electron chi connectivity index (χ4n) is 3.16. The van der Waals surface area contributed by atoms with Gasteiger partial charge in [0.25, 0.3) is 0 Å². The van der Waals surface area contributed by atoms with Crippen LogP contribution in [0.4, 0.5) is 0 Å². The van der Waals surface area contributed by atoms with Gasteiger partial charge < -0.3 is 15.0 Å². The summed E-state index contributed by atoms with van der Waals surface area (Å²) in [4.78, 5) is 13.6. The zero-order valence-electron chi connectivity index (χ0n) is 15.6. The molecule has 0 aliphatic carbocycles. The molecule has 3 rings (SSSR count). The van der Waals surface area contributed by atoms with Crippen LogP contribution in [0.3, 0.4) is 0 Å². The third-order valence-corrected chi connectivity index (χ3v) is 5.24. The molecule has 0 spiro atoms. The van der Waals surface area contributed by atoms with Crippen molar-refractivity contribution in [2.75, 3.05) is 19.6 Å². The summed E-state index contributed by atoms with van der Waals surface area (Å²) < 4.78 is 5.98. The first-order chi connectivity index (χ1) is 13.1. The van der Waals surface area contributed by atoms with Gasteiger partial charge in [0.1, 0.15) is 12.4 Å². The van der Waals surface area contributed by atoms with Crippen LogP contribution in [0.15, 0.2) is 42.5 Å². The van der Waals surface area contributed by atoms with Crippen molar-refractivity contribution < 1.29 is 9.53 Å². The Hall–Kier alpha value is -1.46. The van der Waals surface area contributed by atoms with E-state index in [-0.39, 0.29) is 18.3 Å². The molecule has 0 aromatic heterocycles. The molecule has 4 nitrogen and oxygen atoms in total. The molecular formula is C21H25Cl3N2O2. The van der Waals surface area contributed by atoms with E-state index in [4.69, 9.17) is 27.9 Å². The molecule has 0 radical (unpaired) electrons. The molecule has 0 bridgehead atoms. The van der Waals surface area contributed by atoms with Crippen LogP contribution < -0.4 is 10.1 Å². The van der Waals surface area contributed by atoms with Crippen LogP contribution >= 0.6 is 35.6 Å². The summed E-state index contributed by atoms with van der Waals surface area (Å²) in [5.41, 5.74) is 1.95. The summed E-state index contributed by atoms with van der Waals surface area (Å²) in [6.07, 6.45) is 2.62. The molecular weight excluding hydrogens is 419 g/mol. The molecule has 152 valence electrons. The highest BCUT2D eigenvalue weighted by molar-refractivity contribution is 6.31. The lowest BCUT2D eigenvalue weighted by Crippen LogP contribution is -2.28. The Morgan fingerprint density at radius 3 is 2.68 bits per heavy atom. The molecule has 1 aliphatic heterocycles. The summed E-state index contributed by atoms with van der Waals surface area (Å²) >= 11 is 12.3. The van der Waals surface area contributed by atoms with E-state index >= 15 is 0 Å².